The second-order valence-corrected chi connectivity index (χ2v) is 9.48. The lowest BCUT2D eigenvalue weighted by Gasteiger charge is -2.29. The lowest BCUT2D eigenvalue weighted by molar-refractivity contribution is -0.119. The molecule has 1 atom stereocenters. The summed E-state index contributed by atoms with van der Waals surface area (Å²) in [5, 5.41) is 15.5. The number of ether oxygens (including phenoxy) is 1. The Morgan fingerprint density at radius 3 is 2.90 bits per heavy atom. The number of urea groups is 1. The molecule has 2 fully saturated rings. The van der Waals surface area contributed by atoms with Crippen LogP contribution in [0, 0.1) is 0 Å². The number of nitrogens with one attached hydrogen (secondary N) is 2. The van der Waals surface area contributed by atoms with E-state index >= 15 is 0 Å². The number of aliphatic hydroxyl groups is 1. The Kier molecular flexibility index (Phi) is 6.53. The van der Waals surface area contributed by atoms with Crippen molar-refractivity contribution in [2.24, 2.45) is 0 Å². The number of likely N-dealkylation sites (tertiary alicyclic amines) is 1. The molecule has 0 bridgehead atoms. The summed E-state index contributed by atoms with van der Waals surface area (Å²) < 4.78 is 7.05. The van der Waals surface area contributed by atoms with Gasteiger partial charge in [0.15, 0.2) is 4.34 Å². The number of carbonyl (C=O) groups is 2. The predicted molar refractivity (Wildman–Crippen MR) is 114 cm³/mol. The fraction of sp³-hybridized carbons (Fsp3) is 0.526. The maximum Gasteiger partial charge on any atom is 0.321 e. The minimum absolute atomic E-state index is 0.00985. The standard InChI is InChI=1S/C19H24N4O4S2/c24-14-3-6-23(7-4-14)18(26)21-12-1-2-15-16(9-12)29-19(22-15)28-11-17(25)20-13-5-8-27-10-13/h1-2,9,13-14,24H,3-8,10-11H2,(H,20,25)(H,21,26). The molecule has 156 valence electrons. The fourth-order valence-corrected chi connectivity index (χ4v) is 5.28. The van der Waals surface area contributed by atoms with E-state index in [1.165, 1.54) is 23.1 Å². The highest BCUT2D eigenvalue weighted by atomic mass is 32.2. The summed E-state index contributed by atoms with van der Waals surface area (Å²) in [5.41, 5.74) is 1.56. The average molecular weight is 437 g/mol. The van der Waals surface area contributed by atoms with E-state index in [9.17, 15) is 14.7 Å². The molecule has 1 unspecified atom stereocenters. The molecule has 29 heavy (non-hydrogen) atoms. The fourth-order valence-electron chi connectivity index (χ4n) is 3.36. The van der Waals surface area contributed by atoms with E-state index < -0.39 is 0 Å². The van der Waals surface area contributed by atoms with E-state index in [1.54, 1.807) is 4.90 Å². The molecule has 2 aromatic rings. The van der Waals surface area contributed by atoms with Gasteiger partial charge in [0.2, 0.25) is 5.91 Å². The number of anilines is 1. The normalized spacial score (nSPS) is 20.2. The van der Waals surface area contributed by atoms with Gasteiger partial charge in [0.05, 0.1) is 34.7 Å². The number of thioether (sulfide) groups is 1. The summed E-state index contributed by atoms with van der Waals surface area (Å²) in [6.45, 7) is 2.41. The van der Waals surface area contributed by atoms with Crippen molar-refractivity contribution in [1.82, 2.24) is 15.2 Å². The largest absolute Gasteiger partial charge is 0.393 e. The van der Waals surface area contributed by atoms with Gasteiger partial charge in [-0.15, -0.1) is 11.3 Å². The van der Waals surface area contributed by atoms with Crippen LogP contribution in [0.1, 0.15) is 19.3 Å². The molecule has 2 saturated heterocycles. The first-order valence-corrected chi connectivity index (χ1v) is 11.5. The highest BCUT2D eigenvalue weighted by Crippen LogP contribution is 2.31. The molecule has 0 radical (unpaired) electrons. The first-order chi connectivity index (χ1) is 14.1. The summed E-state index contributed by atoms with van der Waals surface area (Å²) in [6, 6.07) is 5.58. The summed E-state index contributed by atoms with van der Waals surface area (Å²) >= 11 is 2.92. The van der Waals surface area contributed by atoms with Gasteiger partial charge in [0.1, 0.15) is 0 Å². The number of hydrogen-bond donors (Lipinski definition) is 3. The summed E-state index contributed by atoms with van der Waals surface area (Å²) in [6.07, 6.45) is 1.79. The molecule has 0 spiro atoms. The molecule has 2 aliphatic rings. The Labute approximate surface area is 177 Å². The van der Waals surface area contributed by atoms with E-state index in [-0.39, 0.29) is 24.1 Å². The molecule has 0 saturated carbocycles. The SMILES string of the molecule is O=C(CSc1nc2ccc(NC(=O)N3CCC(O)CC3)cc2s1)NC1CCOC1. The number of carbonyl (C=O) groups excluding carboxylic acids is 2. The van der Waals surface area contributed by atoms with Crippen LogP contribution in [0.25, 0.3) is 10.2 Å². The van der Waals surface area contributed by atoms with Crippen LogP contribution < -0.4 is 10.6 Å². The lowest BCUT2D eigenvalue weighted by atomic mass is 10.1. The zero-order chi connectivity index (χ0) is 20.2. The van der Waals surface area contributed by atoms with Crippen LogP contribution in [-0.4, -0.2) is 71.1 Å². The number of amides is 3. The smallest absolute Gasteiger partial charge is 0.321 e. The molecular formula is C19H24N4O4S2. The molecule has 1 aromatic heterocycles. The van der Waals surface area contributed by atoms with Crippen LogP contribution in [0.15, 0.2) is 22.5 Å². The number of fused-ring (bicyclic) bond motifs is 1. The van der Waals surface area contributed by atoms with Gasteiger partial charge in [-0.05, 0) is 37.5 Å². The number of thiazole rings is 1. The second-order valence-electron chi connectivity index (χ2n) is 7.23. The van der Waals surface area contributed by atoms with Crippen molar-refractivity contribution in [3.05, 3.63) is 18.2 Å². The van der Waals surface area contributed by atoms with E-state index in [0.29, 0.717) is 50.6 Å². The van der Waals surface area contributed by atoms with Gasteiger partial charge in [-0.2, -0.15) is 0 Å². The molecule has 3 heterocycles. The van der Waals surface area contributed by atoms with Crippen molar-refractivity contribution in [2.75, 3.05) is 37.4 Å². The minimum atomic E-state index is -0.308. The number of aliphatic hydroxyl groups excluding tert-OH is 1. The van der Waals surface area contributed by atoms with Crippen LogP contribution in [-0.2, 0) is 9.53 Å². The highest BCUT2D eigenvalue weighted by molar-refractivity contribution is 8.01. The van der Waals surface area contributed by atoms with Crippen molar-refractivity contribution in [2.45, 2.75) is 35.7 Å². The molecule has 2 aliphatic heterocycles. The van der Waals surface area contributed by atoms with Crippen LogP contribution in [0.3, 0.4) is 0 Å². The van der Waals surface area contributed by atoms with Gasteiger partial charge in [-0.1, -0.05) is 11.8 Å². The number of nitrogens with zero attached hydrogens (tertiary/aromatic N) is 2. The summed E-state index contributed by atoms with van der Waals surface area (Å²) in [4.78, 5) is 30.7. The zero-order valence-corrected chi connectivity index (χ0v) is 17.6. The molecule has 8 nitrogen and oxygen atoms in total. The lowest BCUT2D eigenvalue weighted by Crippen LogP contribution is -2.42. The third-order valence-electron chi connectivity index (χ3n) is 4.99. The van der Waals surface area contributed by atoms with Gasteiger partial charge in [-0.25, -0.2) is 9.78 Å². The molecule has 3 N–H and O–H groups in total. The van der Waals surface area contributed by atoms with Crippen molar-refractivity contribution in [1.29, 1.82) is 0 Å². The number of hydrogen-bond acceptors (Lipinski definition) is 7. The molecule has 1 aromatic carbocycles. The summed E-state index contributed by atoms with van der Waals surface area (Å²) in [7, 11) is 0. The predicted octanol–water partition coefficient (Wildman–Crippen LogP) is 2.28. The van der Waals surface area contributed by atoms with E-state index in [1.807, 2.05) is 18.2 Å². The van der Waals surface area contributed by atoms with Crippen molar-refractivity contribution in [3.63, 3.8) is 0 Å². The Hall–Kier alpha value is -1.88. The van der Waals surface area contributed by atoms with Gasteiger partial charge >= 0.3 is 6.03 Å². The topological polar surface area (TPSA) is 104 Å². The Morgan fingerprint density at radius 2 is 2.14 bits per heavy atom. The van der Waals surface area contributed by atoms with Crippen molar-refractivity contribution < 1.29 is 19.4 Å². The van der Waals surface area contributed by atoms with E-state index in [4.69, 9.17) is 4.74 Å². The minimum Gasteiger partial charge on any atom is -0.393 e. The maximum atomic E-state index is 12.4. The number of aromatic nitrogens is 1. The maximum absolute atomic E-state index is 12.4. The number of benzene rings is 1. The molecule has 10 heteroatoms. The third-order valence-corrected chi connectivity index (χ3v) is 7.15. The van der Waals surface area contributed by atoms with Crippen molar-refractivity contribution in [3.8, 4) is 0 Å². The van der Waals surface area contributed by atoms with Crippen LogP contribution in [0.2, 0.25) is 0 Å². The number of rotatable bonds is 5. The van der Waals surface area contributed by atoms with Crippen LogP contribution in [0.4, 0.5) is 10.5 Å². The molecular weight excluding hydrogens is 412 g/mol. The van der Waals surface area contributed by atoms with Gasteiger partial charge in [0, 0.05) is 25.4 Å². The highest BCUT2D eigenvalue weighted by Gasteiger charge is 2.21. The van der Waals surface area contributed by atoms with Gasteiger partial charge in [-0.3, -0.25) is 4.79 Å². The first kappa shape index (κ1) is 20.4. The zero-order valence-electron chi connectivity index (χ0n) is 15.9. The van der Waals surface area contributed by atoms with Crippen LogP contribution >= 0.6 is 23.1 Å². The number of piperidine rings is 1. The van der Waals surface area contributed by atoms with E-state index in [0.717, 1.165) is 21.0 Å². The Bertz CT molecular complexity index is 876. The molecule has 0 aliphatic carbocycles. The van der Waals surface area contributed by atoms with Gasteiger partial charge in [0.25, 0.3) is 0 Å². The summed E-state index contributed by atoms with van der Waals surface area (Å²) in [5.74, 6) is 0.310. The first-order valence-electron chi connectivity index (χ1n) is 9.71. The second kappa shape index (κ2) is 9.29. The molecule has 3 amide bonds. The van der Waals surface area contributed by atoms with Crippen molar-refractivity contribution >= 4 is 50.9 Å². The Balaban J connectivity index is 1.32. The molecule has 4 rings (SSSR count). The third kappa shape index (κ3) is 5.39. The quantitative estimate of drug-likeness (QED) is 0.622. The average Bonchev–Trinajstić information content (AvgIpc) is 3.36. The van der Waals surface area contributed by atoms with E-state index in [2.05, 4.69) is 15.6 Å². The van der Waals surface area contributed by atoms with Gasteiger partial charge < -0.3 is 25.4 Å². The monoisotopic (exact) mass is 436 g/mol. The van der Waals surface area contributed by atoms with Crippen LogP contribution in [0.5, 0.6) is 0 Å². The Morgan fingerprint density at radius 1 is 1.31 bits per heavy atom.